The lowest BCUT2D eigenvalue weighted by molar-refractivity contribution is -0.121. The van der Waals surface area contributed by atoms with Crippen molar-refractivity contribution >= 4 is 45.9 Å². The van der Waals surface area contributed by atoms with Gasteiger partial charge >= 0.3 is 0 Å². The number of hydrogen-bond donors (Lipinski definition) is 2. The first kappa shape index (κ1) is 33.3. The lowest BCUT2D eigenvalue weighted by Gasteiger charge is -2.31. The second-order valence-corrected chi connectivity index (χ2v) is 12.9. The van der Waals surface area contributed by atoms with Gasteiger partial charge in [0.2, 0.25) is 11.9 Å². The summed E-state index contributed by atoms with van der Waals surface area (Å²) in [5, 5.41) is 7.03. The van der Waals surface area contributed by atoms with E-state index >= 15 is 0 Å². The number of aromatic nitrogens is 3. The molecule has 46 heavy (non-hydrogen) atoms. The molecule has 9 nitrogen and oxygen atoms in total. The summed E-state index contributed by atoms with van der Waals surface area (Å²) in [5.74, 6) is -0.192. The maximum Gasteiger partial charge on any atom is 0.260 e. The summed E-state index contributed by atoms with van der Waals surface area (Å²) in [4.78, 5) is 40.4. The Labute approximate surface area is 274 Å². The molecule has 1 saturated carbocycles. The zero-order valence-electron chi connectivity index (χ0n) is 27.5. The number of amides is 1. The summed E-state index contributed by atoms with van der Waals surface area (Å²) in [6, 6.07) is 10.6. The first-order valence-corrected chi connectivity index (χ1v) is 16.2. The zero-order valence-corrected chi connectivity index (χ0v) is 28.2. The third kappa shape index (κ3) is 7.03. The molecule has 2 N–H and O–H groups in total. The van der Waals surface area contributed by atoms with E-state index in [0.29, 0.717) is 52.9 Å². The van der Waals surface area contributed by atoms with Crippen molar-refractivity contribution in [1.82, 2.24) is 24.8 Å². The minimum absolute atomic E-state index is 0.0244. The average Bonchev–Trinajstić information content (AvgIpc) is 3.02. The Morgan fingerprint density at radius 2 is 1.83 bits per heavy atom. The van der Waals surface area contributed by atoms with Crippen LogP contribution >= 0.6 is 11.6 Å². The van der Waals surface area contributed by atoms with Gasteiger partial charge in [-0.25, -0.2) is 9.37 Å². The number of hydrogen-bond acceptors (Lipinski definition) is 7. The van der Waals surface area contributed by atoms with Gasteiger partial charge in [-0.1, -0.05) is 30.7 Å². The van der Waals surface area contributed by atoms with Gasteiger partial charge in [-0.15, -0.1) is 0 Å². The Hall–Kier alpha value is -4.02. The SMILES string of the molecule is CCC(=O)NC1CCC(n2c(=O)c(-c3cccc(F)c3Cl)c(C)c3cnc(Nc4ccc(N(C)CCN(C)C)c(C)c4)nc32)CC1. The lowest BCUT2D eigenvalue weighted by atomic mass is 9.90. The number of likely N-dealkylation sites (N-methyl/N-ethyl adjacent to an activating group) is 2. The van der Waals surface area contributed by atoms with Crippen molar-refractivity contribution in [3.8, 4) is 11.1 Å². The Morgan fingerprint density at radius 1 is 1.09 bits per heavy atom. The molecule has 1 aliphatic carbocycles. The summed E-state index contributed by atoms with van der Waals surface area (Å²) >= 11 is 6.42. The van der Waals surface area contributed by atoms with Crippen LogP contribution in [-0.4, -0.2) is 65.6 Å². The summed E-state index contributed by atoms with van der Waals surface area (Å²) in [7, 11) is 6.21. The number of pyridine rings is 1. The molecule has 2 aromatic carbocycles. The maximum absolute atomic E-state index is 14.6. The molecule has 2 heterocycles. The monoisotopic (exact) mass is 647 g/mol. The number of fused-ring (bicyclic) bond motifs is 1. The van der Waals surface area contributed by atoms with Crippen LogP contribution in [0.3, 0.4) is 0 Å². The predicted octanol–water partition coefficient (Wildman–Crippen LogP) is 6.62. The summed E-state index contributed by atoms with van der Waals surface area (Å²) < 4.78 is 16.3. The van der Waals surface area contributed by atoms with Crippen LogP contribution in [0.2, 0.25) is 5.02 Å². The Bertz CT molecular complexity index is 1800. The molecule has 11 heteroatoms. The van der Waals surface area contributed by atoms with Crippen LogP contribution in [0.4, 0.5) is 21.7 Å². The fourth-order valence-corrected chi connectivity index (χ4v) is 6.54. The van der Waals surface area contributed by atoms with Crippen LogP contribution in [0.25, 0.3) is 22.2 Å². The minimum Gasteiger partial charge on any atom is -0.373 e. The van der Waals surface area contributed by atoms with Crippen molar-refractivity contribution in [2.45, 2.75) is 65.0 Å². The van der Waals surface area contributed by atoms with Gasteiger partial charge < -0.3 is 20.4 Å². The van der Waals surface area contributed by atoms with Crippen LogP contribution in [0, 0.1) is 19.7 Å². The summed E-state index contributed by atoms with van der Waals surface area (Å²) in [6.07, 6.45) is 4.98. The maximum atomic E-state index is 14.6. The average molecular weight is 648 g/mol. The third-order valence-electron chi connectivity index (χ3n) is 8.92. The number of rotatable bonds is 10. The predicted molar refractivity (Wildman–Crippen MR) is 185 cm³/mol. The Morgan fingerprint density at radius 3 is 2.50 bits per heavy atom. The molecule has 5 rings (SSSR count). The van der Waals surface area contributed by atoms with Crippen molar-refractivity contribution in [2.24, 2.45) is 0 Å². The number of anilines is 3. The number of carbonyl (C=O) groups is 1. The van der Waals surface area contributed by atoms with Crippen molar-refractivity contribution in [2.75, 3.05) is 44.4 Å². The Kier molecular flexibility index (Phi) is 10.3. The molecule has 0 spiro atoms. The summed E-state index contributed by atoms with van der Waals surface area (Å²) in [5.41, 5.74) is 4.65. The molecule has 0 aliphatic heterocycles. The molecule has 0 bridgehead atoms. The normalized spacial score (nSPS) is 16.5. The van der Waals surface area contributed by atoms with Crippen molar-refractivity contribution in [3.05, 3.63) is 74.9 Å². The number of nitrogens with one attached hydrogen (secondary N) is 2. The molecule has 4 aromatic rings. The van der Waals surface area contributed by atoms with E-state index in [1.807, 2.05) is 19.9 Å². The highest BCUT2D eigenvalue weighted by molar-refractivity contribution is 6.33. The quantitative estimate of drug-likeness (QED) is 0.200. The zero-order chi connectivity index (χ0) is 33.1. The first-order chi connectivity index (χ1) is 22.0. The highest BCUT2D eigenvalue weighted by Crippen LogP contribution is 2.36. The van der Waals surface area contributed by atoms with E-state index in [0.717, 1.165) is 42.9 Å². The van der Waals surface area contributed by atoms with E-state index in [4.69, 9.17) is 16.6 Å². The molecule has 1 fully saturated rings. The number of benzene rings is 2. The molecule has 0 radical (unpaired) electrons. The number of aryl methyl sites for hydroxylation is 2. The van der Waals surface area contributed by atoms with Crippen LogP contribution in [-0.2, 0) is 4.79 Å². The third-order valence-corrected chi connectivity index (χ3v) is 9.31. The van der Waals surface area contributed by atoms with Crippen LogP contribution in [0.5, 0.6) is 0 Å². The molecule has 1 aliphatic rings. The van der Waals surface area contributed by atoms with Crippen molar-refractivity contribution in [3.63, 3.8) is 0 Å². The molecule has 0 atom stereocenters. The standard InChI is InChI=1S/C35H43ClFN7O2/c1-7-30(45)39-23-11-14-25(15-12-23)44-33-27(22(3)31(34(44)46)26-9-8-10-28(37)32(26)36)20-38-35(41-33)40-24-13-16-29(21(2)19-24)43(6)18-17-42(4)5/h8-10,13,16,19-20,23,25H,7,11-12,14-15,17-18H2,1-6H3,(H,39,45)(H,38,40,41). The summed E-state index contributed by atoms with van der Waals surface area (Å²) in [6.45, 7) is 7.59. The molecule has 0 saturated heterocycles. The van der Waals surface area contributed by atoms with Gasteiger partial charge in [0.15, 0.2) is 0 Å². The second-order valence-electron chi connectivity index (χ2n) is 12.5. The lowest BCUT2D eigenvalue weighted by Crippen LogP contribution is -2.39. The van der Waals surface area contributed by atoms with E-state index in [-0.39, 0.29) is 28.6 Å². The van der Waals surface area contributed by atoms with E-state index in [1.54, 1.807) is 22.9 Å². The number of nitrogens with zero attached hydrogens (tertiary/aromatic N) is 5. The van der Waals surface area contributed by atoms with Gasteiger partial charge in [0.05, 0.1) is 10.6 Å². The van der Waals surface area contributed by atoms with Gasteiger partial charge in [0.25, 0.3) is 5.56 Å². The van der Waals surface area contributed by atoms with E-state index in [9.17, 15) is 14.0 Å². The second kappa shape index (κ2) is 14.2. The molecule has 1 amide bonds. The van der Waals surface area contributed by atoms with Gasteiger partial charge in [0.1, 0.15) is 11.5 Å². The van der Waals surface area contributed by atoms with Crippen LogP contribution in [0.15, 0.2) is 47.4 Å². The van der Waals surface area contributed by atoms with E-state index in [1.165, 1.54) is 6.07 Å². The van der Waals surface area contributed by atoms with Gasteiger partial charge in [-0.2, -0.15) is 4.98 Å². The fourth-order valence-electron chi connectivity index (χ4n) is 6.31. The van der Waals surface area contributed by atoms with Crippen molar-refractivity contribution in [1.29, 1.82) is 0 Å². The minimum atomic E-state index is -0.585. The number of halogens is 2. The van der Waals surface area contributed by atoms with Gasteiger partial charge in [-0.3, -0.25) is 14.2 Å². The van der Waals surface area contributed by atoms with Gasteiger partial charge in [-0.05, 0) is 89.0 Å². The van der Waals surface area contributed by atoms with Crippen molar-refractivity contribution < 1.29 is 9.18 Å². The van der Waals surface area contributed by atoms with Crippen LogP contribution < -0.4 is 21.1 Å². The highest BCUT2D eigenvalue weighted by Gasteiger charge is 2.28. The number of carbonyl (C=O) groups excluding carboxylic acids is 1. The topological polar surface area (TPSA) is 95.4 Å². The Balaban J connectivity index is 1.55. The first-order valence-electron chi connectivity index (χ1n) is 15.9. The largest absolute Gasteiger partial charge is 0.373 e. The van der Waals surface area contributed by atoms with Gasteiger partial charge in [0, 0.05) is 67.2 Å². The fraction of sp³-hybridized carbons (Fsp3) is 0.429. The molecular weight excluding hydrogens is 605 g/mol. The molecule has 2 aromatic heterocycles. The smallest absolute Gasteiger partial charge is 0.260 e. The molecule has 244 valence electrons. The van der Waals surface area contributed by atoms with Crippen LogP contribution in [0.1, 0.15) is 56.2 Å². The highest BCUT2D eigenvalue weighted by atomic mass is 35.5. The van der Waals surface area contributed by atoms with E-state index < -0.39 is 5.82 Å². The molecular formula is C35H43ClFN7O2. The molecule has 0 unspecified atom stereocenters. The van der Waals surface area contributed by atoms with E-state index in [2.05, 4.69) is 65.6 Å².